The van der Waals surface area contributed by atoms with Crippen LogP contribution in [0.4, 0.5) is 0 Å². The number of fused-ring (bicyclic) bond motifs is 1. The van der Waals surface area contributed by atoms with Crippen LogP contribution >= 0.6 is 0 Å². The van der Waals surface area contributed by atoms with Gasteiger partial charge in [-0.15, -0.1) is 0 Å². The fourth-order valence-electron chi connectivity index (χ4n) is 1.95. The summed E-state index contributed by atoms with van der Waals surface area (Å²) in [6, 6.07) is 6.05. The van der Waals surface area contributed by atoms with Crippen molar-refractivity contribution in [2.45, 2.75) is 6.04 Å². The molecule has 5 heteroatoms. The summed E-state index contributed by atoms with van der Waals surface area (Å²) in [4.78, 5) is 0. The highest BCUT2D eigenvalue weighted by molar-refractivity contribution is 5.44. The zero-order valence-electron chi connectivity index (χ0n) is 10.6. The summed E-state index contributed by atoms with van der Waals surface area (Å²) in [5.74, 6) is 1.60. The van der Waals surface area contributed by atoms with Crippen molar-refractivity contribution in [2.75, 3.05) is 40.0 Å². The lowest BCUT2D eigenvalue weighted by Gasteiger charge is -2.22. The molecule has 1 aliphatic rings. The first-order valence-electron chi connectivity index (χ1n) is 6.17. The Bertz CT molecular complexity index is 384. The Kier molecular flexibility index (Phi) is 4.81. The molecule has 0 amide bonds. The molecule has 1 aliphatic heterocycles. The van der Waals surface area contributed by atoms with Gasteiger partial charge in [-0.1, -0.05) is 6.07 Å². The van der Waals surface area contributed by atoms with Crippen LogP contribution in [0.15, 0.2) is 18.2 Å². The Morgan fingerprint density at radius 1 is 1.33 bits per heavy atom. The monoisotopic (exact) mass is 252 g/mol. The molecular weight excluding hydrogens is 232 g/mol. The Hall–Kier alpha value is -1.30. The summed E-state index contributed by atoms with van der Waals surface area (Å²) < 4.78 is 16.1. The number of hydrogen-bond acceptors (Lipinski definition) is 5. The average Bonchev–Trinajstić information content (AvgIpc) is 2.43. The van der Waals surface area contributed by atoms with E-state index in [1.807, 2.05) is 18.2 Å². The predicted octanol–water partition coefficient (Wildman–Crippen LogP) is 0.694. The molecule has 2 rings (SSSR count). The van der Waals surface area contributed by atoms with Crippen LogP contribution in [0.1, 0.15) is 11.6 Å². The van der Waals surface area contributed by atoms with E-state index >= 15 is 0 Å². The van der Waals surface area contributed by atoms with Crippen LogP contribution in [-0.2, 0) is 4.74 Å². The normalized spacial score (nSPS) is 15.4. The largest absolute Gasteiger partial charge is 0.486 e. The molecule has 5 nitrogen and oxygen atoms in total. The first-order valence-corrected chi connectivity index (χ1v) is 6.17. The highest BCUT2D eigenvalue weighted by Gasteiger charge is 2.15. The van der Waals surface area contributed by atoms with Gasteiger partial charge < -0.3 is 25.3 Å². The van der Waals surface area contributed by atoms with E-state index in [1.54, 1.807) is 7.11 Å². The second-order valence-electron chi connectivity index (χ2n) is 4.14. The highest BCUT2D eigenvalue weighted by atomic mass is 16.6. The molecule has 0 saturated carbocycles. The molecule has 100 valence electrons. The third kappa shape index (κ3) is 3.13. The third-order valence-electron chi connectivity index (χ3n) is 2.90. The Morgan fingerprint density at radius 2 is 2.11 bits per heavy atom. The van der Waals surface area contributed by atoms with Crippen LogP contribution < -0.4 is 20.5 Å². The lowest BCUT2D eigenvalue weighted by molar-refractivity contribution is 0.171. The summed E-state index contributed by atoms with van der Waals surface area (Å²) in [6.45, 7) is 3.18. The average molecular weight is 252 g/mol. The van der Waals surface area contributed by atoms with E-state index in [0.29, 0.717) is 26.4 Å². The maximum absolute atomic E-state index is 5.79. The molecule has 0 aromatic heterocycles. The summed E-state index contributed by atoms with van der Waals surface area (Å²) in [5, 5.41) is 3.35. The molecule has 0 bridgehead atoms. The van der Waals surface area contributed by atoms with Gasteiger partial charge in [0.05, 0.1) is 6.61 Å². The van der Waals surface area contributed by atoms with E-state index in [4.69, 9.17) is 19.9 Å². The van der Waals surface area contributed by atoms with Gasteiger partial charge in [-0.25, -0.2) is 0 Å². The molecular formula is C13H20N2O3. The van der Waals surface area contributed by atoms with Gasteiger partial charge in [0.25, 0.3) is 0 Å². The number of ether oxygens (including phenoxy) is 3. The quantitative estimate of drug-likeness (QED) is 0.729. The molecule has 18 heavy (non-hydrogen) atoms. The molecule has 0 fully saturated rings. The van der Waals surface area contributed by atoms with Gasteiger partial charge >= 0.3 is 0 Å². The van der Waals surface area contributed by atoms with Gasteiger partial charge in [-0.2, -0.15) is 0 Å². The van der Waals surface area contributed by atoms with Crippen molar-refractivity contribution in [3.05, 3.63) is 23.8 Å². The molecule has 0 radical (unpaired) electrons. The number of nitrogens with two attached hydrogens (primary N) is 1. The lowest BCUT2D eigenvalue weighted by atomic mass is 10.1. The fraction of sp³-hybridized carbons (Fsp3) is 0.538. The van der Waals surface area contributed by atoms with Gasteiger partial charge in [0.2, 0.25) is 0 Å². The molecule has 0 spiro atoms. The highest BCUT2D eigenvalue weighted by Crippen LogP contribution is 2.32. The van der Waals surface area contributed by atoms with Gasteiger partial charge in [-0.3, -0.25) is 0 Å². The second kappa shape index (κ2) is 6.58. The van der Waals surface area contributed by atoms with Crippen LogP contribution in [0.3, 0.4) is 0 Å². The van der Waals surface area contributed by atoms with E-state index in [-0.39, 0.29) is 6.04 Å². The molecule has 1 aromatic rings. The van der Waals surface area contributed by atoms with Gasteiger partial charge in [0, 0.05) is 26.2 Å². The molecule has 1 heterocycles. The minimum absolute atomic E-state index is 0.107. The predicted molar refractivity (Wildman–Crippen MR) is 69.1 cm³/mol. The minimum Gasteiger partial charge on any atom is -0.486 e. The Balaban J connectivity index is 2.05. The smallest absolute Gasteiger partial charge is 0.161 e. The van der Waals surface area contributed by atoms with Crippen LogP contribution in [-0.4, -0.2) is 40.0 Å². The Morgan fingerprint density at radius 3 is 2.83 bits per heavy atom. The molecule has 0 saturated heterocycles. The minimum atomic E-state index is 0.107. The van der Waals surface area contributed by atoms with E-state index in [1.165, 1.54) is 0 Å². The van der Waals surface area contributed by atoms with Crippen LogP contribution in [0.5, 0.6) is 11.5 Å². The Labute approximate surface area is 107 Å². The zero-order valence-corrected chi connectivity index (χ0v) is 10.6. The van der Waals surface area contributed by atoms with E-state index < -0.39 is 0 Å². The van der Waals surface area contributed by atoms with E-state index in [9.17, 15) is 0 Å². The molecule has 0 aliphatic carbocycles. The third-order valence-corrected chi connectivity index (χ3v) is 2.90. The standard InChI is InChI=1S/C13H20N2O3/c1-16-5-4-15-11(9-14)10-2-3-12-13(8-10)18-7-6-17-12/h2-3,8,11,15H,4-7,9,14H2,1H3. The van der Waals surface area contributed by atoms with Crippen LogP contribution in [0.25, 0.3) is 0 Å². The van der Waals surface area contributed by atoms with Crippen molar-refractivity contribution >= 4 is 0 Å². The van der Waals surface area contributed by atoms with Crippen molar-refractivity contribution in [2.24, 2.45) is 5.73 Å². The van der Waals surface area contributed by atoms with Crippen molar-refractivity contribution in [1.82, 2.24) is 5.32 Å². The van der Waals surface area contributed by atoms with E-state index in [0.717, 1.165) is 23.6 Å². The SMILES string of the molecule is COCCNC(CN)c1ccc2c(c1)OCCO2. The van der Waals surface area contributed by atoms with Crippen molar-refractivity contribution in [3.8, 4) is 11.5 Å². The first kappa shape index (κ1) is 13.1. The fourth-order valence-corrected chi connectivity index (χ4v) is 1.95. The molecule has 1 atom stereocenters. The zero-order chi connectivity index (χ0) is 12.8. The van der Waals surface area contributed by atoms with Crippen molar-refractivity contribution < 1.29 is 14.2 Å². The maximum atomic E-state index is 5.79. The lowest BCUT2D eigenvalue weighted by Crippen LogP contribution is -2.30. The number of hydrogen-bond donors (Lipinski definition) is 2. The number of methoxy groups -OCH3 is 1. The number of benzene rings is 1. The van der Waals surface area contributed by atoms with Crippen LogP contribution in [0.2, 0.25) is 0 Å². The topological polar surface area (TPSA) is 65.7 Å². The molecule has 1 unspecified atom stereocenters. The van der Waals surface area contributed by atoms with Gasteiger partial charge in [0.1, 0.15) is 13.2 Å². The molecule has 3 N–H and O–H groups in total. The number of nitrogens with one attached hydrogen (secondary N) is 1. The second-order valence-corrected chi connectivity index (χ2v) is 4.14. The van der Waals surface area contributed by atoms with Gasteiger partial charge in [0.15, 0.2) is 11.5 Å². The summed E-state index contributed by atoms with van der Waals surface area (Å²) in [5.41, 5.74) is 6.90. The molecule has 1 aromatic carbocycles. The summed E-state index contributed by atoms with van der Waals surface area (Å²) >= 11 is 0. The summed E-state index contributed by atoms with van der Waals surface area (Å²) in [7, 11) is 1.68. The maximum Gasteiger partial charge on any atom is 0.161 e. The van der Waals surface area contributed by atoms with Crippen molar-refractivity contribution in [1.29, 1.82) is 0 Å². The summed E-state index contributed by atoms with van der Waals surface area (Å²) in [6.07, 6.45) is 0. The van der Waals surface area contributed by atoms with Crippen molar-refractivity contribution in [3.63, 3.8) is 0 Å². The number of rotatable bonds is 6. The first-order chi connectivity index (χ1) is 8.85. The van der Waals surface area contributed by atoms with Crippen LogP contribution in [0, 0.1) is 0 Å². The van der Waals surface area contributed by atoms with Gasteiger partial charge in [-0.05, 0) is 17.7 Å². The van der Waals surface area contributed by atoms with E-state index in [2.05, 4.69) is 5.32 Å².